The van der Waals surface area contributed by atoms with Gasteiger partial charge in [-0.2, -0.15) is 4.31 Å². The Hall–Kier alpha value is -1.94. The number of thiophene rings is 1. The first-order valence-electron chi connectivity index (χ1n) is 11.0. The summed E-state index contributed by atoms with van der Waals surface area (Å²) in [6, 6.07) is 8.81. The molecule has 180 valence electrons. The number of nitrogens with zero attached hydrogens (tertiary/aromatic N) is 1. The first-order chi connectivity index (χ1) is 15.6. The van der Waals surface area contributed by atoms with Gasteiger partial charge in [0.25, 0.3) is 5.91 Å². The van der Waals surface area contributed by atoms with E-state index in [0.717, 1.165) is 0 Å². The van der Waals surface area contributed by atoms with Gasteiger partial charge < -0.3 is 10.6 Å². The Bertz CT molecular complexity index is 1050. The Morgan fingerprint density at radius 1 is 1.06 bits per heavy atom. The van der Waals surface area contributed by atoms with E-state index >= 15 is 0 Å². The standard InChI is InChI=1S/C23H30ClN3O4S2/c1-15(2)16(3)25-23(29)21(26-22(28)20-5-4-14-32-20)17-10-12-27(13-11-17)33(30,31)19-8-6-18(24)7-9-19/h4-9,14-17,21H,10-13H2,1-3H3,(H,25,29)(H,26,28). The second-order valence-electron chi connectivity index (χ2n) is 8.67. The highest BCUT2D eigenvalue weighted by Crippen LogP contribution is 2.27. The van der Waals surface area contributed by atoms with Crippen molar-refractivity contribution in [2.45, 2.75) is 50.6 Å². The zero-order valence-corrected chi connectivity index (χ0v) is 21.3. The molecule has 1 saturated heterocycles. The van der Waals surface area contributed by atoms with Crippen molar-refractivity contribution in [3.63, 3.8) is 0 Å². The van der Waals surface area contributed by atoms with Gasteiger partial charge in [-0.15, -0.1) is 11.3 Å². The van der Waals surface area contributed by atoms with Gasteiger partial charge in [-0.1, -0.05) is 31.5 Å². The molecule has 1 aromatic heterocycles. The Kier molecular flexibility index (Phi) is 8.55. The Morgan fingerprint density at radius 3 is 2.24 bits per heavy atom. The van der Waals surface area contributed by atoms with Crippen LogP contribution in [0.1, 0.15) is 43.3 Å². The Labute approximate surface area is 204 Å². The molecule has 2 amide bonds. The van der Waals surface area contributed by atoms with E-state index in [4.69, 9.17) is 11.6 Å². The second kappa shape index (κ2) is 11.0. The van der Waals surface area contributed by atoms with Crippen molar-refractivity contribution >= 4 is 44.8 Å². The quantitative estimate of drug-likeness (QED) is 0.564. The number of sulfonamides is 1. The van der Waals surface area contributed by atoms with E-state index < -0.39 is 16.1 Å². The van der Waals surface area contributed by atoms with Gasteiger partial charge in [0.05, 0.1) is 9.77 Å². The van der Waals surface area contributed by atoms with E-state index in [2.05, 4.69) is 10.6 Å². The van der Waals surface area contributed by atoms with Gasteiger partial charge in [0.15, 0.2) is 0 Å². The van der Waals surface area contributed by atoms with Crippen LogP contribution in [0.3, 0.4) is 0 Å². The maximum atomic E-state index is 13.1. The third kappa shape index (κ3) is 6.35. The van der Waals surface area contributed by atoms with Gasteiger partial charge in [-0.25, -0.2) is 8.42 Å². The number of carbonyl (C=O) groups is 2. The number of hydrogen-bond donors (Lipinski definition) is 2. The van der Waals surface area contributed by atoms with Gasteiger partial charge in [0.2, 0.25) is 15.9 Å². The van der Waals surface area contributed by atoms with Crippen LogP contribution in [0.2, 0.25) is 5.02 Å². The van der Waals surface area contributed by atoms with Crippen LogP contribution in [0.15, 0.2) is 46.7 Å². The summed E-state index contributed by atoms with van der Waals surface area (Å²) >= 11 is 7.20. The molecule has 0 bridgehead atoms. The van der Waals surface area contributed by atoms with Crippen molar-refractivity contribution in [1.82, 2.24) is 14.9 Å². The van der Waals surface area contributed by atoms with Gasteiger partial charge in [-0.3, -0.25) is 9.59 Å². The molecule has 2 unspecified atom stereocenters. The van der Waals surface area contributed by atoms with E-state index in [1.807, 2.05) is 26.2 Å². The van der Waals surface area contributed by atoms with Crippen LogP contribution in [0.5, 0.6) is 0 Å². The number of hydrogen-bond acceptors (Lipinski definition) is 5. The third-order valence-electron chi connectivity index (χ3n) is 6.11. The maximum Gasteiger partial charge on any atom is 0.262 e. The molecule has 3 rings (SSSR count). The molecule has 7 nitrogen and oxygen atoms in total. The monoisotopic (exact) mass is 511 g/mol. The molecule has 2 heterocycles. The van der Waals surface area contributed by atoms with Crippen LogP contribution < -0.4 is 10.6 Å². The number of amides is 2. The Morgan fingerprint density at radius 2 is 1.70 bits per heavy atom. The number of carbonyl (C=O) groups excluding carboxylic acids is 2. The van der Waals surface area contributed by atoms with E-state index in [9.17, 15) is 18.0 Å². The minimum Gasteiger partial charge on any atom is -0.352 e. The summed E-state index contributed by atoms with van der Waals surface area (Å²) in [6.45, 7) is 6.51. The van der Waals surface area contributed by atoms with Crippen molar-refractivity contribution in [2.75, 3.05) is 13.1 Å². The molecule has 0 spiro atoms. The highest BCUT2D eigenvalue weighted by molar-refractivity contribution is 7.89. The molecule has 2 N–H and O–H groups in total. The van der Waals surface area contributed by atoms with E-state index in [0.29, 0.717) is 22.7 Å². The van der Waals surface area contributed by atoms with Crippen molar-refractivity contribution < 1.29 is 18.0 Å². The summed E-state index contributed by atoms with van der Waals surface area (Å²) in [5.41, 5.74) is 0. The van der Waals surface area contributed by atoms with Crippen LogP contribution >= 0.6 is 22.9 Å². The molecular formula is C23H30ClN3O4S2. The zero-order valence-electron chi connectivity index (χ0n) is 19.0. The topological polar surface area (TPSA) is 95.6 Å². The Balaban J connectivity index is 1.72. The van der Waals surface area contributed by atoms with E-state index in [1.54, 1.807) is 24.3 Å². The van der Waals surface area contributed by atoms with Crippen LogP contribution in [0.25, 0.3) is 0 Å². The number of rotatable bonds is 8. The molecule has 1 aliphatic heterocycles. The summed E-state index contributed by atoms with van der Waals surface area (Å²) in [5, 5.41) is 8.19. The average Bonchev–Trinajstić information content (AvgIpc) is 3.32. The number of piperidine rings is 1. The van der Waals surface area contributed by atoms with Gasteiger partial charge in [0.1, 0.15) is 6.04 Å². The fraction of sp³-hybridized carbons (Fsp3) is 0.478. The van der Waals surface area contributed by atoms with Crippen LogP contribution in [0, 0.1) is 11.8 Å². The predicted octanol–water partition coefficient (Wildman–Crippen LogP) is 3.76. The molecular weight excluding hydrogens is 482 g/mol. The normalized spacial score (nSPS) is 17.5. The summed E-state index contributed by atoms with van der Waals surface area (Å²) in [6.07, 6.45) is 0.928. The van der Waals surface area contributed by atoms with Crippen molar-refractivity contribution in [3.8, 4) is 0 Å². The highest BCUT2D eigenvalue weighted by atomic mass is 35.5. The lowest BCUT2D eigenvalue weighted by molar-refractivity contribution is -0.125. The molecule has 1 fully saturated rings. The number of benzene rings is 1. The first kappa shape index (κ1) is 25.7. The minimum atomic E-state index is -3.65. The SMILES string of the molecule is CC(C)C(C)NC(=O)C(NC(=O)c1cccs1)C1CCN(S(=O)(=O)c2ccc(Cl)cc2)CC1. The van der Waals surface area contributed by atoms with Crippen LogP contribution in [-0.4, -0.2) is 49.7 Å². The van der Waals surface area contributed by atoms with Crippen molar-refractivity contribution in [1.29, 1.82) is 0 Å². The lowest BCUT2D eigenvalue weighted by Crippen LogP contribution is -2.55. The molecule has 1 aliphatic rings. The summed E-state index contributed by atoms with van der Waals surface area (Å²) in [4.78, 5) is 26.6. The van der Waals surface area contributed by atoms with Gasteiger partial charge in [0, 0.05) is 24.2 Å². The predicted molar refractivity (Wildman–Crippen MR) is 131 cm³/mol. The highest BCUT2D eigenvalue weighted by Gasteiger charge is 2.37. The molecule has 2 atom stereocenters. The number of halogens is 1. The lowest BCUT2D eigenvalue weighted by atomic mass is 9.89. The van der Waals surface area contributed by atoms with Crippen LogP contribution in [-0.2, 0) is 14.8 Å². The summed E-state index contributed by atoms with van der Waals surface area (Å²) in [5.74, 6) is -0.461. The largest absolute Gasteiger partial charge is 0.352 e. The average molecular weight is 512 g/mol. The minimum absolute atomic E-state index is 0.0518. The fourth-order valence-corrected chi connectivity index (χ4v) is 5.93. The zero-order chi connectivity index (χ0) is 24.2. The molecule has 2 aromatic rings. The van der Waals surface area contributed by atoms with E-state index in [-0.39, 0.29) is 47.7 Å². The van der Waals surface area contributed by atoms with Crippen LogP contribution in [0.4, 0.5) is 0 Å². The van der Waals surface area contributed by atoms with E-state index in [1.165, 1.54) is 27.8 Å². The molecule has 0 saturated carbocycles. The summed E-state index contributed by atoms with van der Waals surface area (Å²) < 4.78 is 27.4. The number of nitrogens with one attached hydrogen (secondary N) is 2. The third-order valence-corrected chi connectivity index (χ3v) is 9.14. The fourth-order valence-electron chi connectivity index (χ4n) is 3.70. The van der Waals surface area contributed by atoms with Gasteiger partial charge in [-0.05, 0) is 67.3 Å². The summed E-state index contributed by atoms with van der Waals surface area (Å²) in [7, 11) is -3.65. The molecule has 1 aromatic carbocycles. The second-order valence-corrected chi connectivity index (χ2v) is 12.0. The first-order valence-corrected chi connectivity index (χ1v) is 13.7. The lowest BCUT2D eigenvalue weighted by Gasteiger charge is -2.35. The molecule has 10 heteroatoms. The molecule has 0 aliphatic carbocycles. The van der Waals surface area contributed by atoms with Crippen molar-refractivity contribution in [3.05, 3.63) is 51.7 Å². The maximum absolute atomic E-state index is 13.1. The van der Waals surface area contributed by atoms with Gasteiger partial charge >= 0.3 is 0 Å². The molecule has 0 radical (unpaired) electrons. The smallest absolute Gasteiger partial charge is 0.262 e. The van der Waals surface area contributed by atoms with Crippen molar-refractivity contribution in [2.24, 2.45) is 11.8 Å². The molecule has 33 heavy (non-hydrogen) atoms.